The number of halogens is 3. The number of nitrogens with one attached hydrogen (secondary N) is 1. The minimum absolute atomic E-state index is 0.186. The van der Waals surface area contributed by atoms with E-state index in [1.807, 2.05) is 0 Å². The summed E-state index contributed by atoms with van der Waals surface area (Å²) in [6.45, 7) is 1.70. The van der Waals surface area contributed by atoms with Gasteiger partial charge < -0.3 is 5.32 Å². The number of alkyl halides is 3. The van der Waals surface area contributed by atoms with E-state index in [0.29, 0.717) is 12.1 Å². The van der Waals surface area contributed by atoms with Crippen LogP contribution in [0.4, 0.5) is 18.9 Å². The Labute approximate surface area is 113 Å². The number of anilines is 1. The van der Waals surface area contributed by atoms with E-state index in [9.17, 15) is 18.0 Å². The third kappa shape index (κ3) is 3.17. The van der Waals surface area contributed by atoms with Gasteiger partial charge in [0, 0.05) is 6.42 Å². The molecule has 0 saturated heterocycles. The molecule has 4 nitrogen and oxygen atoms in total. The molecule has 0 bridgehead atoms. The molecule has 0 unspecified atom stereocenters. The molecule has 0 aliphatic heterocycles. The zero-order chi connectivity index (χ0) is 14.8. The van der Waals surface area contributed by atoms with Gasteiger partial charge in [-0.2, -0.15) is 18.3 Å². The number of rotatable bonds is 3. The average Bonchev–Trinajstić information content (AvgIpc) is 2.86. The molecule has 1 aromatic heterocycles. The number of carbonyl (C=O) groups is 1. The van der Waals surface area contributed by atoms with Crippen molar-refractivity contribution < 1.29 is 18.0 Å². The van der Waals surface area contributed by atoms with Crippen molar-refractivity contribution in [1.29, 1.82) is 0 Å². The first-order valence-corrected chi connectivity index (χ1v) is 5.92. The first-order valence-electron chi connectivity index (χ1n) is 5.92. The van der Waals surface area contributed by atoms with Gasteiger partial charge in [-0.25, -0.2) is 4.68 Å². The van der Waals surface area contributed by atoms with E-state index in [-0.39, 0.29) is 11.6 Å². The Bertz CT molecular complexity index is 619. The van der Waals surface area contributed by atoms with Crippen LogP contribution in [0.5, 0.6) is 0 Å². The number of nitrogens with zero attached hydrogens (tertiary/aromatic N) is 2. The minimum Gasteiger partial charge on any atom is -0.323 e. The van der Waals surface area contributed by atoms with Gasteiger partial charge in [-0.1, -0.05) is 13.0 Å². The predicted octanol–water partition coefficient (Wildman–Crippen LogP) is 3.24. The van der Waals surface area contributed by atoms with E-state index in [4.69, 9.17) is 0 Å². The van der Waals surface area contributed by atoms with Crippen molar-refractivity contribution >= 4 is 11.6 Å². The fraction of sp³-hybridized carbons (Fsp3) is 0.231. The van der Waals surface area contributed by atoms with Crippen molar-refractivity contribution in [3.05, 3.63) is 42.2 Å². The molecule has 0 radical (unpaired) electrons. The molecule has 2 rings (SSSR count). The smallest absolute Gasteiger partial charge is 0.323 e. The quantitative estimate of drug-likeness (QED) is 0.940. The lowest BCUT2D eigenvalue weighted by Crippen LogP contribution is -2.08. The number of carbonyl (C=O) groups excluding carboxylic acids is 1. The van der Waals surface area contributed by atoms with Gasteiger partial charge in [0.25, 0.3) is 0 Å². The van der Waals surface area contributed by atoms with Crippen LogP contribution in [0.25, 0.3) is 5.69 Å². The molecular weight excluding hydrogens is 271 g/mol. The monoisotopic (exact) mass is 283 g/mol. The number of amides is 1. The highest BCUT2D eigenvalue weighted by Crippen LogP contribution is 2.30. The first-order chi connectivity index (χ1) is 9.40. The van der Waals surface area contributed by atoms with Crippen LogP contribution in [-0.2, 0) is 11.0 Å². The van der Waals surface area contributed by atoms with Crippen LogP contribution < -0.4 is 5.32 Å². The van der Waals surface area contributed by atoms with Crippen molar-refractivity contribution in [3.63, 3.8) is 0 Å². The molecule has 0 aliphatic rings. The standard InChI is InChI=1S/C13H12F3N3O/c1-2-12(20)18-10-7-17-19(8-10)11-5-3-4-9(6-11)13(14,15)16/h3-8H,2H2,1H3,(H,18,20). The Morgan fingerprint density at radius 1 is 1.40 bits per heavy atom. The largest absolute Gasteiger partial charge is 0.416 e. The zero-order valence-electron chi connectivity index (χ0n) is 10.6. The molecule has 106 valence electrons. The zero-order valence-corrected chi connectivity index (χ0v) is 10.6. The Hall–Kier alpha value is -2.31. The summed E-state index contributed by atoms with van der Waals surface area (Å²) in [5, 5.41) is 6.51. The van der Waals surface area contributed by atoms with E-state index in [1.54, 1.807) is 6.92 Å². The third-order valence-electron chi connectivity index (χ3n) is 2.63. The van der Waals surface area contributed by atoms with Gasteiger partial charge in [0.1, 0.15) is 0 Å². The van der Waals surface area contributed by atoms with Crippen LogP contribution in [0.3, 0.4) is 0 Å². The van der Waals surface area contributed by atoms with Crippen molar-refractivity contribution in [2.75, 3.05) is 5.32 Å². The number of aromatic nitrogens is 2. The van der Waals surface area contributed by atoms with Crippen molar-refractivity contribution in [1.82, 2.24) is 9.78 Å². The average molecular weight is 283 g/mol. The van der Waals surface area contributed by atoms with Gasteiger partial charge in [0.15, 0.2) is 0 Å². The van der Waals surface area contributed by atoms with Gasteiger partial charge in [0.2, 0.25) is 5.91 Å². The maximum atomic E-state index is 12.6. The lowest BCUT2D eigenvalue weighted by atomic mass is 10.2. The fourth-order valence-electron chi connectivity index (χ4n) is 1.60. The van der Waals surface area contributed by atoms with Gasteiger partial charge >= 0.3 is 6.18 Å². The maximum Gasteiger partial charge on any atom is 0.416 e. The van der Waals surface area contributed by atoms with E-state index in [0.717, 1.165) is 12.1 Å². The van der Waals surface area contributed by atoms with Crippen LogP contribution in [0.1, 0.15) is 18.9 Å². The van der Waals surface area contributed by atoms with Crippen LogP contribution in [0.15, 0.2) is 36.7 Å². The summed E-state index contributed by atoms with van der Waals surface area (Å²) in [5.74, 6) is -0.186. The van der Waals surface area contributed by atoms with Crippen molar-refractivity contribution in [2.45, 2.75) is 19.5 Å². The molecule has 0 aliphatic carbocycles. The SMILES string of the molecule is CCC(=O)Nc1cnn(-c2cccc(C(F)(F)F)c2)c1. The summed E-state index contributed by atoms with van der Waals surface area (Å²) in [6, 6.07) is 4.81. The molecule has 0 spiro atoms. The first kappa shape index (κ1) is 14.1. The molecule has 1 N–H and O–H groups in total. The molecule has 20 heavy (non-hydrogen) atoms. The second-order valence-electron chi connectivity index (χ2n) is 4.12. The molecule has 1 heterocycles. The summed E-state index contributed by atoms with van der Waals surface area (Å²) < 4.78 is 39.1. The minimum atomic E-state index is -4.40. The second-order valence-corrected chi connectivity index (χ2v) is 4.12. The number of benzene rings is 1. The topological polar surface area (TPSA) is 46.9 Å². The molecule has 1 amide bonds. The Kier molecular flexibility index (Phi) is 3.78. The molecule has 7 heteroatoms. The summed E-state index contributed by atoms with van der Waals surface area (Å²) in [5.41, 5.74) is -0.0317. The Balaban J connectivity index is 2.26. The van der Waals surface area contributed by atoms with Gasteiger partial charge in [0.05, 0.1) is 29.3 Å². The van der Waals surface area contributed by atoms with E-state index in [1.165, 1.54) is 29.2 Å². The number of hydrogen-bond acceptors (Lipinski definition) is 2. The molecule has 0 saturated carbocycles. The van der Waals surface area contributed by atoms with Crippen LogP contribution in [0.2, 0.25) is 0 Å². The second kappa shape index (κ2) is 5.36. The van der Waals surface area contributed by atoms with Gasteiger partial charge in [-0.3, -0.25) is 4.79 Å². The van der Waals surface area contributed by atoms with Gasteiger partial charge in [-0.05, 0) is 18.2 Å². The van der Waals surface area contributed by atoms with E-state index in [2.05, 4.69) is 10.4 Å². The molecule has 2 aromatic rings. The molecular formula is C13H12F3N3O. The van der Waals surface area contributed by atoms with Crippen molar-refractivity contribution in [3.8, 4) is 5.69 Å². The summed E-state index contributed by atoms with van der Waals surface area (Å²) in [4.78, 5) is 11.2. The maximum absolute atomic E-state index is 12.6. The van der Waals surface area contributed by atoms with E-state index >= 15 is 0 Å². The molecule has 0 atom stereocenters. The van der Waals surface area contributed by atoms with Gasteiger partial charge in [-0.15, -0.1) is 0 Å². The summed E-state index contributed by atoms with van der Waals surface area (Å²) >= 11 is 0. The highest BCUT2D eigenvalue weighted by atomic mass is 19.4. The lowest BCUT2D eigenvalue weighted by Gasteiger charge is -2.08. The Morgan fingerprint density at radius 3 is 2.80 bits per heavy atom. The van der Waals surface area contributed by atoms with E-state index < -0.39 is 11.7 Å². The number of hydrogen-bond donors (Lipinski definition) is 1. The van der Waals surface area contributed by atoms with Crippen molar-refractivity contribution in [2.24, 2.45) is 0 Å². The van der Waals surface area contributed by atoms with Crippen LogP contribution >= 0.6 is 0 Å². The highest BCUT2D eigenvalue weighted by molar-refractivity contribution is 5.90. The molecule has 1 aromatic carbocycles. The van der Waals surface area contributed by atoms with Crippen LogP contribution in [0, 0.1) is 0 Å². The highest BCUT2D eigenvalue weighted by Gasteiger charge is 2.30. The molecule has 0 fully saturated rings. The summed E-state index contributed by atoms with van der Waals surface area (Å²) in [7, 11) is 0. The predicted molar refractivity (Wildman–Crippen MR) is 67.5 cm³/mol. The summed E-state index contributed by atoms with van der Waals surface area (Å²) in [6.07, 6.45) is -1.24. The van der Waals surface area contributed by atoms with Crippen LogP contribution in [-0.4, -0.2) is 15.7 Å². The Morgan fingerprint density at radius 2 is 2.15 bits per heavy atom. The fourth-order valence-corrected chi connectivity index (χ4v) is 1.60. The lowest BCUT2D eigenvalue weighted by molar-refractivity contribution is -0.137. The normalized spacial score (nSPS) is 11.4. The third-order valence-corrected chi connectivity index (χ3v) is 2.63.